The number of ether oxygens (including phenoxy) is 1. The second-order valence-electron chi connectivity index (χ2n) is 5.09. The molecule has 0 aromatic heterocycles. The molecule has 1 aliphatic rings. The summed E-state index contributed by atoms with van der Waals surface area (Å²) >= 11 is 12.0. The van der Waals surface area contributed by atoms with E-state index in [0.717, 1.165) is 12.0 Å². The lowest BCUT2D eigenvalue weighted by Crippen LogP contribution is -2.43. The van der Waals surface area contributed by atoms with Gasteiger partial charge < -0.3 is 4.74 Å². The summed E-state index contributed by atoms with van der Waals surface area (Å²) in [5.41, 5.74) is 0.808. The largest absolute Gasteiger partial charge is 0.371 e. The van der Waals surface area contributed by atoms with E-state index in [1.807, 2.05) is 6.92 Å². The zero-order chi connectivity index (χ0) is 15.5. The third-order valence-corrected chi connectivity index (χ3v) is 5.79. The van der Waals surface area contributed by atoms with Gasteiger partial charge in [-0.3, -0.25) is 0 Å². The van der Waals surface area contributed by atoms with E-state index in [4.69, 9.17) is 27.9 Å². The number of unbranched alkanes of at least 4 members (excludes halogenated alkanes) is 1. The molecule has 0 bridgehead atoms. The van der Waals surface area contributed by atoms with Gasteiger partial charge in [0.05, 0.1) is 18.5 Å². The summed E-state index contributed by atoms with van der Waals surface area (Å²) < 4.78 is 31.7. The maximum Gasteiger partial charge on any atom is 0.214 e. The van der Waals surface area contributed by atoms with Gasteiger partial charge in [0.15, 0.2) is 0 Å². The zero-order valence-corrected chi connectivity index (χ0v) is 14.2. The highest BCUT2D eigenvalue weighted by molar-refractivity contribution is 7.89. The van der Waals surface area contributed by atoms with Crippen molar-refractivity contribution >= 4 is 33.2 Å². The number of sulfonamides is 1. The molecular weight excluding hydrogens is 333 g/mol. The number of nitrogens with zero attached hydrogens (tertiary/aromatic N) is 1. The lowest BCUT2D eigenvalue weighted by Gasteiger charge is -2.32. The van der Waals surface area contributed by atoms with Crippen molar-refractivity contribution < 1.29 is 13.2 Å². The van der Waals surface area contributed by atoms with Crippen LogP contribution in [0.25, 0.3) is 0 Å². The second kappa shape index (κ2) is 7.29. The molecule has 1 aromatic rings. The Morgan fingerprint density at radius 3 is 2.57 bits per heavy atom. The van der Waals surface area contributed by atoms with Crippen LogP contribution in [0, 0.1) is 0 Å². The van der Waals surface area contributed by atoms with Gasteiger partial charge in [0.1, 0.15) is 0 Å². The zero-order valence-electron chi connectivity index (χ0n) is 11.9. The molecule has 1 unspecified atom stereocenters. The fourth-order valence-corrected chi connectivity index (χ4v) is 4.47. The van der Waals surface area contributed by atoms with Gasteiger partial charge in [-0.25, -0.2) is 8.42 Å². The Morgan fingerprint density at radius 2 is 1.95 bits per heavy atom. The summed E-state index contributed by atoms with van der Waals surface area (Å²) in [5.74, 6) is 0.187. The summed E-state index contributed by atoms with van der Waals surface area (Å²) in [4.78, 5) is 0. The van der Waals surface area contributed by atoms with Crippen LogP contribution >= 0.6 is 23.2 Å². The van der Waals surface area contributed by atoms with Gasteiger partial charge in [-0.1, -0.05) is 36.5 Å². The van der Waals surface area contributed by atoms with Crippen molar-refractivity contribution in [3.63, 3.8) is 0 Å². The highest BCUT2D eigenvalue weighted by atomic mass is 35.5. The Labute approximate surface area is 136 Å². The SMILES string of the molecule is CCCCS(=O)(=O)N1CCOC(c2cc(Cl)cc(Cl)c2)C1. The van der Waals surface area contributed by atoms with Gasteiger partial charge >= 0.3 is 0 Å². The van der Waals surface area contributed by atoms with Gasteiger partial charge in [0, 0.05) is 23.1 Å². The van der Waals surface area contributed by atoms with E-state index in [1.165, 1.54) is 4.31 Å². The topological polar surface area (TPSA) is 46.6 Å². The third-order valence-electron chi connectivity index (χ3n) is 3.44. The molecule has 0 N–H and O–H groups in total. The molecule has 1 heterocycles. The van der Waals surface area contributed by atoms with Gasteiger partial charge in [-0.15, -0.1) is 0 Å². The van der Waals surface area contributed by atoms with Crippen LogP contribution in [0.4, 0.5) is 0 Å². The van der Waals surface area contributed by atoms with E-state index in [2.05, 4.69) is 0 Å². The Hall–Kier alpha value is -0.330. The molecule has 7 heteroatoms. The summed E-state index contributed by atoms with van der Waals surface area (Å²) in [6.07, 6.45) is 1.20. The Bertz CT molecular complexity index is 572. The first kappa shape index (κ1) is 17.0. The lowest BCUT2D eigenvalue weighted by molar-refractivity contribution is -0.00254. The van der Waals surface area contributed by atoms with Crippen LogP contribution in [-0.4, -0.2) is 38.2 Å². The van der Waals surface area contributed by atoms with Crippen molar-refractivity contribution in [3.05, 3.63) is 33.8 Å². The van der Waals surface area contributed by atoms with E-state index >= 15 is 0 Å². The number of benzene rings is 1. The van der Waals surface area contributed by atoms with Crippen LogP contribution in [0.3, 0.4) is 0 Å². The van der Waals surface area contributed by atoms with E-state index in [0.29, 0.717) is 36.2 Å². The average molecular weight is 352 g/mol. The van der Waals surface area contributed by atoms with Crippen molar-refractivity contribution in [2.24, 2.45) is 0 Å². The van der Waals surface area contributed by atoms with E-state index < -0.39 is 10.0 Å². The highest BCUT2D eigenvalue weighted by Crippen LogP contribution is 2.29. The molecule has 0 spiro atoms. The molecule has 0 saturated carbocycles. The average Bonchev–Trinajstić information content (AvgIpc) is 2.44. The number of morpholine rings is 1. The molecule has 1 aromatic carbocycles. The smallest absolute Gasteiger partial charge is 0.214 e. The minimum absolute atomic E-state index is 0.187. The summed E-state index contributed by atoms with van der Waals surface area (Å²) in [5, 5.41) is 1.04. The predicted molar refractivity (Wildman–Crippen MR) is 85.4 cm³/mol. The molecule has 0 radical (unpaired) electrons. The normalized spacial score (nSPS) is 20.6. The predicted octanol–water partition coefficient (Wildman–Crippen LogP) is 3.50. The van der Waals surface area contributed by atoms with Gasteiger partial charge in [0.2, 0.25) is 10.0 Å². The lowest BCUT2D eigenvalue weighted by atomic mass is 10.1. The first-order chi connectivity index (χ1) is 9.92. The van der Waals surface area contributed by atoms with Crippen LogP contribution in [-0.2, 0) is 14.8 Å². The van der Waals surface area contributed by atoms with Crippen molar-refractivity contribution in [2.75, 3.05) is 25.4 Å². The molecule has 118 valence electrons. The number of hydrogen-bond acceptors (Lipinski definition) is 3. The monoisotopic (exact) mass is 351 g/mol. The Morgan fingerprint density at radius 1 is 1.29 bits per heavy atom. The second-order valence-corrected chi connectivity index (χ2v) is 8.05. The van der Waals surface area contributed by atoms with Crippen LogP contribution in [0.15, 0.2) is 18.2 Å². The molecule has 4 nitrogen and oxygen atoms in total. The van der Waals surface area contributed by atoms with Crippen molar-refractivity contribution in [1.29, 1.82) is 0 Å². The quantitative estimate of drug-likeness (QED) is 0.815. The standard InChI is InChI=1S/C14H19Cl2NO3S/c1-2-3-6-21(18,19)17-4-5-20-14(10-17)11-7-12(15)9-13(16)8-11/h7-9,14H,2-6,10H2,1H3. The number of rotatable bonds is 5. The molecule has 1 aliphatic heterocycles. The molecule has 1 saturated heterocycles. The number of hydrogen-bond donors (Lipinski definition) is 0. The Kier molecular flexibility index (Phi) is 5.91. The van der Waals surface area contributed by atoms with Crippen LogP contribution in [0.5, 0.6) is 0 Å². The molecule has 0 amide bonds. The first-order valence-electron chi connectivity index (χ1n) is 6.98. The van der Waals surface area contributed by atoms with E-state index in [9.17, 15) is 8.42 Å². The molecular formula is C14H19Cl2NO3S. The van der Waals surface area contributed by atoms with Crippen LogP contribution < -0.4 is 0 Å². The minimum Gasteiger partial charge on any atom is -0.371 e. The molecule has 1 atom stereocenters. The maximum atomic E-state index is 12.3. The summed E-state index contributed by atoms with van der Waals surface area (Å²) in [6, 6.07) is 5.17. The van der Waals surface area contributed by atoms with Crippen LogP contribution in [0.1, 0.15) is 31.4 Å². The highest BCUT2D eigenvalue weighted by Gasteiger charge is 2.30. The molecule has 0 aliphatic carbocycles. The van der Waals surface area contributed by atoms with E-state index in [-0.39, 0.29) is 11.9 Å². The van der Waals surface area contributed by atoms with Gasteiger partial charge in [0.25, 0.3) is 0 Å². The minimum atomic E-state index is -3.22. The fourth-order valence-electron chi connectivity index (χ4n) is 2.30. The van der Waals surface area contributed by atoms with Gasteiger partial charge in [-0.05, 0) is 30.2 Å². The summed E-state index contributed by atoms with van der Waals surface area (Å²) in [7, 11) is -3.22. The first-order valence-corrected chi connectivity index (χ1v) is 9.34. The van der Waals surface area contributed by atoms with Gasteiger partial charge in [-0.2, -0.15) is 4.31 Å². The maximum absolute atomic E-state index is 12.3. The van der Waals surface area contributed by atoms with Crippen molar-refractivity contribution in [1.82, 2.24) is 4.31 Å². The summed E-state index contributed by atoms with van der Waals surface area (Å²) in [6.45, 7) is 3.06. The fraction of sp³-hybridized carbons (Fsp3) is 0.571. The Balaban J connectivity index is 2.13. The number of halogens is 2. The molecule has 1 fully saturated rings. The van der Waals surface area contributed by atoms with Crippen LogP contribution in [0.2, 0.25) is 10.0 Å². The molecule has 21 heavy (non-hydrogen) atoms. The third kappa shape index (κ3) is 4.57. The van der Waals surface area contributed by atoms with E-state index in [1.54, 1.807) is 18.2 Å². The molecule has 2 rings (SSSR count). The van der Waals surface area contributed by atoms with Crippen molar-refractivity contribution in [3.8, 4) is 0 Å². The van der Waals surface area contributed by atoms with Crippen molar-refractivity contribution in [2.45, 2.75) is 25.9 Å².